The van der Waals surface area contributed by atoms with Crippen LogP contribution in [0.15, 0.2) is 22.7 Å². The van der Waals surface area contributed by atoms with Crippen LogP contribution >= 0.6 is 0 Å². The van der Waals surface area contributed by atoms with Crippen molar-refractivity contribution in [2.75, 3.05) is 0 Å². The molecule has 0 aliphatic heterocycles. The highest BCUT2D eigenvalue weighted by Gasteiger charge is 2.17. The molecule has 4 nitrogen and oxygen atoms in total. The molecule has 0 bridgehead atoms. The van der Waals surface area contributed by atoms with Gasteiger partial charge in [-0.3, -0.25) is 4.79 Å². The van der Waals surface area contributed by atoms with Crippen LogP contribution in [-0.2, 0) is 0 Å². The minimum atomic E-state index is -1.06. The molecule has 0 saturated carbocycles. The molecule has 0 spiro atoms. The molecule has 1 aromatic heterocycles. The van der Waals surface area contributed by atoms with Crippen LogP contribution in [0.25, 0.3) is 17.1 Å². The molecule has 0 radical (unpaired) electrons. The zero-order valence-electron chi connectivity index (χ0n) is 11.3. The Balaban J connectivity index is 2.65. The second-order valence-electron chi connectivity index (χ2n) is 5.51. The van der Waals surface area contributed by atoms with Crippen LogP contribution in [0.1, 0.15) is 26.5 Å². The van der Waals surface area contributed by atoms with Gasteiger partial charge in [0, 0.05) is 23.6 Å². The predicted molar refractivity (Wildman–Crippen MR) is 72.3 cm³/mol. The van der Waals surface area contributed by atoms with Crippen LogP contribution in [-0.4, -0.2) is 15.1 Å². The van der Waals surface area contributed by atoms with Gasteiger partial charge in [-0.05, 0) is 0 Å². The van der Waals surface area contributed by atoms with Gasteiger partial charge in [0.25, 0.3) is 5.56 Å². The van der Waals surface area contributed by atoms with Crippen LogP contribution in [0.5, 0.6) is 0 Å². The van der Waals surface area contributed by atoms with E-state index in [0.717, 1.165) is 12.1 Å². The maximum Gasteiger partial charge on any atom is 0.274 e. The van der Waals surface area contributed by atoms with Crippen LogP contribution in [0.3, 0.4) is 0 Å². The Morgan fingerprint density at radius 2 is 1.90 bits per heavy atom. The van der Waals surface area contributed by atoms with Gasteiger partial charge < -0.3 is 10.1 Å². The highest BCUT2D eigenvalue weighted by molar-refractivity contribution is 5.75. The van der Waals surface area contributed by atoms with Crippen molar-refractivity contribution in [3.8, 4) is 0 Å². The summed E-state index contributed by atoms with van der Waals surface area (Å²) in [5, 5.41) is 9.87. The number of aromatic amines is 1. The molecule has 0 aliphatic carbocycles. The van der Waals surface area contributed by atoms with Gasteiger partial charge in [-0.25, -0.2) is 13.8 Å². The number of hydrogen-bond donors (Lipinski definition) is 2. The first-order chi connectivity index (χ1) is 9.18. The zero-order valence-corrected chi connectivity index (χ0v) is 11.3. The summed E-state index contributed by atoms with van der Waals surface area (Å²) >= 11 is 0. The lowest BCUT2D eigenvalue weighted by Crippen LogP contribution is -2.15. The molecule has 20 heavy (non-hydrogen) atoms. The molecule has 6 heteroatoms. The van der Waals surface area contributed by atoms with E-state index in [2.05, 4.69) is 9.97 Å². The Morgan fingerprint density at radius 1 is 1.30 bits per heavy atom. The Labute approximate surface area is 113 Å². The fourth-order valence-corrected chi connectivity index (χ4v) is 1.54. The average Bonchev–Trinajstić information content (AvgIpc) is 2.31. The maximum atomic E-state index is 13.2. The molecule has 0 fully saturated rings. The summed E-state index contributed by atoms with van der Waals surface area (Å²) in [6.07, 6.45) is 1.22. The Bertz CT molecular complexity index is 758. The Hall–Kier alpha value is -2.24. The SMILES string of the molecule is CC(C)(C)/C(O)=C/c1nc2cc(F)c(F)cc2[nH]c1=O. The number of aromatic nitrogens is 2. The summed E-state index contributed by atoms with van der Waals surface area (Å²) in [5.74, 6) is -2.14. The van der Waals surface area contributed by atoms with Gasteiger partial charge in [-0.2, -0.15) is 0 Å². The van der Waals surface area contributed by atoms with Crippen molar-refractivity contribution >= 4 is 17.1 Å². The van der Waals surface area contributed by atoms with Crippen molar-refractivity contribution in [2.45, 2.75) is 20.8 Å². The minimum absolute atomic E-state index is 0.0302. The number of H-pyrrole nitrogens is 1. The van der Waals surface area contributed by atoms with Crippen LogP contribution in [0.4, 0.5) is 8.78 Å². The maximum absolute atomic E-state index is 13.2. The number of benzene rings is 1. The van der Waals surface area contributed by atoms with Crippen molar-refractivity contribution < 1.29 is 13.9 Å². The van der Waals surface area contributed by atoms with Crippen molar-refractivity contribution in [3.05, 3.63) is 45.6 Å². The summed E-state index contributed by atoms with van der Waals surface area (Å²) in [7, 11) is 0. The molecule has 2 rings (SSSR count). The van der Waals surface area contributed by atoms with Gasteiger partial charge in [0.2, 0.25) is 0 Å². The quantitative estimate of drug-likeness (QED) is 0.789. The number of fused-ring (bicyclic) bond motifs is 1. The molecule has 2 aromatic rings. The van der Waals surface area contributed by atoms with E-state index in [1.165, 1.54) is 6.08 Å². The van der Waals surface area contributed by atoms with Crippen molar-refractivity contribution in [1.82, 2.24) is 9.97 Å². The topological polar surface area (TPSA) is 66.0 Å². The Kier molecular flexibility index (Phi) is 3.33. The number of nitrogens with one attached hydrogen (secondary N) is 1. The third kappa shape index (κ3) is 2.68. The first-order valence-corrected chi connectivity index (χ1v) is 5.98. The lowest BCUT2D eigenvalue weighted by atomic mass is 9.93. The van der Waals surface area contributed by atoms with E-state index in [4.69, 9.17) is 0 Å². The van der Waals surface area contributed by atoms with Gasteiger partial charge in [0.1, 0.15) is 5.69 Å². The molecule has 0 atom stereocenters. The van der Waals surface area contributed by atoms with E-state index in [-0.39, 0.29) is 22.5 Å². The Morgan fingerprint density at radius 3 is 2.50 bits per heavy atom. The average molecular weight is 280 g/mol. The van der Waals surface area contributed by atoms with Crippen LogP contribution in [0, 0.1) is 17.0 Å². The van der Waals surface area contributed by atoms with E-state index < -0.39 is 22.6 Å². The molecule has 0 amide bonds. The van der Waals surface area contributed by atoms with Gasteiger partial charge >= 0.3 is 0 Å². The molecular weight excluding hydrogens is 266 g/mol. The minimum Gasteiger partial charge on any atom is -0.512 e. The van der Waals surface area contributed by atoms with Gasteiger partial charge in [-0.1, -0.05) is 20.8 Å². The molecule has 0 unspecified atom stereocenters. The summed E-state index contributed by atoms with van der Waals surface area (Å²) in [6, 6.07) is 1.77. The van der Waals surface area contributed by atoms with Crippen LogP contribution in [0.2, 0.25) is 0 Å². The van der Waals surface area contributed by atoms with Crippen LogP contribution < -0.4 is 5.56 Å². The third-order valence-electron chi connectivity index (χ3n) is 2.80. The second-order valence-corrected chi connectivity index (χ2v) is 5.51. The van der Waals surface area contributed by atoms with Gasteiger partial charge in [0.15, 0.2) is 11.6 Å². The molecule has 1 heterocycles. The van der Waals surface area contributed by atoms with E-state index in [1.807, 2.05) is 0 Å². The molecule has 0 saturated heterocycles. The predicted octanol–water partition coefficient (Wildman–Crippen LogP) is 3.15. The highest BCUT2D eigenvalue weighted by atomic mass is 19.2. The smallest absolute Gasteiger partial charge is 0.274 e. The number of aliphatic hydroxyl groups is 1. The zero-order chi connectivity index (χ0) is 15.1. The molecule has 0 aliphatic rings. The largest absolute Gasteiger partial charge is 0.512 e. The first kappa shape index (κ1) is 14.2. The lowest BCUT2D eigenvalue weighted by Gasteiger charge is -2.16. The summed E-state index contributed by atoms with van der Waals surface area (Å²) in [6.45, 7) is 5.30. The van der Waals surface area contributed by atoms with Crippen molar-refractivity contribution in [1.29, 1.82) is 0 Å². The second kappa shape index (κ2) is 4.70. The van der Waals surface area contributed by atoms with Gasteiger partial charge in [0.05, 0.1) is 16.8 Å². The van der Waals surface area contributed by atoms with E-state index >= 15 is 0 Å². The summed E-state index contributed by atoms with van der Waals surface area (Å²) in [5.41, 5.74) is -0.982. The van der Waals surface area contributed by atoms with Gasteiger partial charge in [-0.15, -0.1) is 0 Å². The standard InChI is InChI=1S/C14H14F2N2O2/c1-14(2,3)12(19)6-11-13(20)18-10-5-8(16)7(15)4-9(10)17-11/h4-6,19H,1-3H3,(H,18,20)/b12-6-. The molecule has 2 N–H and O–H groups in total. The first-order valence-electron chi connectivity index (χ1n) is 5.98. The van der Waals surface area contributed by atoms with E-state index in [1.54, 1.807) is 20.8 Å². The number of aliphatic hydroxyl groups excluding tert-OH is 1. The number of hydrogen-bond acceptors (Lipinski definition) is 3. The number of rotatable bonds is 1. The third-order valence-corrected chi connectivity index (χ3v) is 2.80. The lowest BCUT2D eigenvalue weighted by molar-refractivity contribution is 0.282. The number of halogens is 2. The summed E-state index contributed by atoms with van der Waals surface area (Å²) in [4.78, 5) is 18.1. The van der Waals surface area contributed by atoms with Crippen molar-refractivity contribution in [2.24, 2.45) is 5.41 Å². The highest BCUT2D eigenvalue weighted by Crippen LogP contribution is 2.24. The fraction of sp³-hybridized carbons (Fsp3) is 0.286. The molecule has 1 aromatic carbocycles. The number of nitrogens with zero attached hydrogens (tertiary/aromatic N) is 1. The normalized spacial score (nSPS) is 12.9. The fourth-order valence-electron chi connectivity index (χ4n) is 1.54. The number of allylic oxidation sites excluding steroid dienone is 1. The molecule has 106 valence electrons. The molecular formula is C14H14F2N2O2. The monoisotopic (exact) mass is 280 g/mol. The summed E-state index contributed by atoms with van der Waals surface area (Å²) < 4.78 is 26.2. The van der Waals surface area contributed by atoms with E-state index in [0.29, 0.717) is 0 Å². The van der Waals surface area contributed by atoms with Crippen molar-refractivity contribution in [3.63, 3.8) is 0 Å². The van der Waals surface area contributed by atoms with E-state index in [9.17, 15) is 18.7 Å².